The van der Waals surface area contributed by atoms with Crippen LogP contribution in [0, 0.1) is 10.1 Å². The van der Waals surface area contributed by atoms with Crippen LogP contribution in [0.2, 0.25) is 0 Å². The summed E-state index contributed by atoms with van der Waals surface area (Å²) in [6.45, 7) is 1.97. The van der Waals surface area contributed by atoms with Gasteiger partial charge in [-0.3, -0.25) is 10.1 Å². The van der Waals surface area contributed by atoms with Gasteiger partial charge in [0.1, 0.15) is 11.5 Å². The number of hydrogen-bond donors (Lipinski definition) is 1. The maximum Gasteiger partial charge on any atom is 0.271 e. The van der Waals surface area contributed by atoms with Crippen LogP contribution in [0.4, 0.5) is 11.4 Å². The van der Waals surface area contributed by atoms with E-state index in [1.165, 1.54) is 19.2 Å². The van der Waals surface area contributed by atoms with E-state index in [-0.39, 0.29) is 11.7 Å². The lowest BCUT2D eigenvalue weighted by Gasteiger charge is -2.16. The number of methoxy groups -OCH3 is 1. The lowest BCUT2D eigenvalue weighted by atomic mass is 10.1. The fourth-order valence-electron chi connectivity index (χ4n) is 1.97. The van der Waals surface area contributed by atoms with Gasteiger partial charge >= 0.3 is 0 Å². The highest BCUT2D eigenvalue weighted by Gasteiger charge is 2.14. The maximum atomic E-state index is 10.8. The molecule has 106 valence electrons. The minimum absolute atomic E-state index is 0.0264. The van der Waals surface area contributed by atoms with Crippen LogP contribution >= 0.6 is 0 Å². The van der Waals surface area contributed by atoms with Gasteiger partial charge in [0, 0.05) is 24.6 Å². The van der Waals surface area contributed by atoms with E-state index in [2.05, 4.69) is 5.32 Å². The van der Waals surface area contributed by atoms with Crippen LogP contribution in [0.1, 0.15) is 12.7 Å². The number of hydrogen-bond acceptors (Lipinski definition) is 5. The van der Waals surface area contributed by atoms with Crippen molar-refractivity contribution in [3.8, 4) is 5.75 Å². The van der Waals surface area contributed by atoms with Crippen molar-refractivity contribution in [2.24, 2.45) is 0 Å². The van der Waals surface area contributed by atoms with Crippen LogP contribution in [-0.4, -0.2) is 18.1 Å². The summed E-state index contributed by atoms with van der Waals surface area (Å²) in [4.78, 5) is 10.4. The van der Waals surface area contributed by atoms with Crippen molar-refractivity contribution in [3.63, 3.8) is 0 Å². The molecule has 0 aliphatic carbocycles. The van der Waals surface area contributed by atoms with Gasteiger partial charge in [0.15, 0.2) is 0 Å². The topological polar surface area (TPSA) is 77.5 Å². The Kier molecular flexibility index (Phi) is 4.24. The molecular formula is C14H16N2O4. The van der Waals surface area contributed by atoms with Crippen molar-refractivity contribution < 1.29 is 14.1 Å². The highest BCUT2D eigenvalue weighted by molar-refractivity contribution is 5.62. The second-order valence-corrected chi connectivity index (χ2v) is 4.47. The lowest BCUT2D eigenvalue weighted by molar-refractivity contribution is -0.384. The molecule has 1 heterocycles. The molecule has 1 N–H and O–H groups in total. The Morgan fingerprint density at radius 3 is 2.85 bits per heavy atom. The van der Waals surface area contributed by atoms with Gasteiger partial charge in [0.2, 0.25) is 0 Å². The number of nitro benzene ring substituents is 1. The zero-order valence-electron chi connectivity index (χ0n) is 11.3. The van der Waals surface area contributed by atoms with E-state index < -0.39 is 4.92 Å². The highest BCUT2D eigenvalue weighted by Crippen LogP contribution is 2.29. The second-order valence-electron chi connectivity index (χ2n) is 4.47. The number of nitrogens with one attached hydrogen (secondary N) is 1. The van der Waals surface area contributed by atoms with Crippen LogP contribution < -0.4 is 10.1 Å². The molecule has 1 aromatic carbocycles. The molecule has 20 heavy (non-hydrogen) atoms. The number of non-ortho nitro benzene ring substituents is 1. The average Bonchev–Trinajstić information content (AvgIpc) is 2.91. The SMILES string of the molecule is COc1ccc([N+](=O)[O-])cc1NC(C)Cc1ccco1. The Hall–Kier alpha value is -2.50. The molecule has 1 aromatic heterocycles. The smallest absolute Gasteiger partial charge is 0.271 e. The molecule has 1 unspecified atom stereocenters. The average molecular weight is 276 g/mol. The summed E-state index contributed by atoms with van der Waals surface area (Å²) in [5.74, 6) is 1.43. The van der Waals surface area contributed by atoms with E-state index >= 15 is 0 Å². The zero-order chi connectivity index (χ0) is 14.5. The standard InChI is InChI=1S/C14H16N2O4/c1-10(8-12-4-3-7-20-12)15-13-9-11(16(17)18)5-6-14(13)19-2/h3-7,9-10,15H,8H2,1-2H3. The van der Waals surface area contributed by atoms with Crippen molar-refractivity contribution >= 4 is 11.4 Å². The van der Waals surface area contributed by atoms with Gasteiger partial charge in [-0.25, -0.2) is 0 Å². The van der Waals surface area contributed by atoms with E-state index in [1.54, 1.807) is 12.3 Å². The molecule has 1 atom stereocenters. The van der Waals surface area contributed by atoms with Crippen molar-refractivity contribution in [1.82, 2.24) is 0 Å². The first-order chi connectivity index (χ1) is 9.60. The third-order valence-corrected chi connectivity index (χ3v) is 2.88. The van der Waals surface area contributed by atoms with Crippen LogP contribution in [0.3, 0.4) is 0 Å². The maximum absolute atomic E-state index is 10.8. The monoisotopic (exact) mass is 276 g/mol. The molecule has 2 rings (SSSR count). The molecule has 0 fully saturated rings. The van der Waals surface area contributed by atoms with Crippen LogP contribution in [0.25, 0.3) is 0 Å². The summed E-state index contributed by atoms with van der Waals surface area (Å²) < 4.78 is 10.5. The van der Waals surface area contributed by atoms with E-state index in [4.69, 9.17) is 9.15 Å². The molecule has 0 radical (unpaired) electrons. The first-order valence-corrected chi connectivity index (χ1v) is 6.21. The van der Waals surface area contributed by atoms with E-state index in [0.29, 0.717) is 17.9 Å². The van der Waals surface area contributed by atoms with Gasteiger partial charge in [-0.1, -0.05) is 0 Å². The molecule has 0 aliphatic heterocycles. The minimum Gasteiger partial charge on any atom is -0.495 e. The Balaban J connectivity index is 2.14. The Labute approximate surface area is 116 Å². The first kappa shape index (κ1) is 13.9. The Bertz CT molecular complexity index is 581. The Morgan fingerprint density at radius 2 is 2.25 bits per heavy atom. The molecule has 0 bridgehead atoms. The summed E-state index contributed by atoms with van der Waals surface area (Å²) in [5, 5.41) is 14.0. The third-order valence-electron chi connectivity index (χ3n) is 2.88. The van der Waals surface area contributed by atoms with Gasteiger partial charge in [0.05, 0.1) is 24.0 Å². The molecule has 0 spiro atoms. The van der Waals surface area contributed by atoms with Crippen LogP contribution in [0.15, 0.2) is 41.0 Å². The molecule has 0 amide bonds. The summed E-state index contributed by atoms with van der Waals surface area (Å²) >= 11 is 0. The Morgan fingerprint density at radius 1 is 1.45 bits per heavy atom. The van der Waals surface area contributed by atoms with Crippen molar-refractivity contribution in [2.45, 2.75) is 19.4 Å². The zero-order valence-corrected chi connectivity index (χ0v) is 11.3. The number of nitrogens with zero attached hydrogens (tertiary/aromatic N) is 1. The molecule has 6 heteroatoms. The number of anilines is 1. The fraction of sp³-hybridized carbons (Fsp3) is 0.286. The summed E-state index contributed by atoms with van der Waals surface area (Å²) in [7, 11) is 1.53. The third kappa shape index (κ3) is 3.28. The van der Waals surface area contributed by atoms with Gasteiger partial charge < -0.3 is 14.5 Å². The number of nitro groups is 1. The van der Waals surface area contributed by atoms with Gasteiger partial charge in [-0.15, -0.1) is 0 Å². The molecule has 6 nitrogen and oxygen atoms in total. The molecule has 0 saturated heterocycles. The van der Waals surface area contributed by atoms with Crippen LogP contribution in [-0.2, 0) is 6.42 Å². The first-order valence-electron chi connectivity index (χ1n) is 6.21. The quantitative estimate of drug-likeness (QED) is 0.647. The fourth-order valence-corrected chi connectivity index (χ4v) is 1.97. The van der Waals surface area contributed by atoms with Gasteiger partial charge in [-0.05, 0) is 25.1 Å². The predicted molar refractivity (Wildman–Crippen MR) is 75.1 cm³/mol. The number of benzene rings is 1. The van der Waals surface area contributed by atoms with Crippen molar-refractivity contribution in [2.75, 3.05) is 12.4 Å². The normalized spacial score (nSPS) is 11.9. The molecule has 2 aromatic rings. The van der Waals surface area contributed by atoms with E-state index in [1.807, 2.05) is 19.1 Å². The summed E-state index contributed by atoms with van der Waals surface area (Å²) in [6, 6.07) is 8.24. The largest absolute Gasteiger partial charge is 0.495 e. The van der Waals surface area contributed by atoms with Crippen molar-refractivity contribution in [1.29, 1.82) is 0 Å². The molecule has 0 aliphatic rings. The molecule has 0 saturated carbocycles. The number of furan rings is 1. The highest BCUT2D eigenvalue weighted by atomic mass is 16.6. The number of rotatable bonds is 6. The molecular weight excluding hydrogens is 260 g/mol. The van der Waals surface area contributed by atoms with Gasteiger partial charge in [-0.2, -0.15) is 0 Å². The minimum atomic E-state index is -0.429. The van der Waals surface area contributed by atoms with Crippen molar-refractivity contribution in [3.05, 3.63) is 52.5 Å². The van der Waals surface area contributed by atoms with E-state index in [9.17, 15) is 10.1 Å². The lowest BCUT2D eigenvalue weighted by Crippen LogP contribution is -2.18. The summed E-state index contributed by atoms with van der Waals surface area (Å²) in [5.41, 5.74) is 0.624. The summed E-state index contributed by atoms with van der Waals surface area (Å²) in [6.07, 6.45) is 2.30. The second kappa shape index (κ2) is 6.10. The predicted octanol–water partition coefficient (Wildman–Crippen LogP) is 3.24. The number of ether oxygens (including phenoxy) is 1. The van der Waals surface area contributed by atoms with Gasteiger partial charge in [0.25, 0.3) is 5.69 Å². The van der Waals surface area contributed by atoms with Crippen LogP contribution in [0.5, 0.6) is 5.75 Å². The van der Waals surface area contributed by atoms with E-state index in [0.717, 1.165) is 5.76 Å².